The fourth-order valence-corrected chi connectivity index (χ4v) is 5.17. The molecule has 0 aromatic rings. The van der Waals surface area contributed by atoms with Crippen molar-refractivity contribution in [2.45, 2.75) is 77.0 Å². The molecular weight excluding hydrogens is 326 g/mol. The molecule has 3 rings (SSSR count). The van der Waals surface area contributed by atoms with Crippen molar-refractivity contribution >= 4 is 0 Å². The van der Waals surface area contributed by atoms with Crippen LogP contribution in [0.5, 0.6) is 0 Å². The molecule has 2 saturated carbocycles. The van der Waals surface area contributed by atoms with E-state index in [1.54, 1.807) is 16.7 Å². The van der Waals surface area contributed by atoms with E-state index in [9.17, 15) is 0 Å². The van der Waals surface area contributed by atoms with E-state index < -0.39 is 0 Å². The number of nitrogens with zero attached hydrogens (tertiary/aromatic N) is 1. The molecular formula is C22H36NTi-. The zero-order chi connectivity index (χ0) is 16.2. The van der Waals surface area contributed by atoms with Gasteiger partial charge in [0, 0.05) is 28.3 Å². The van der Waals surface area contributed by atoms with Crippen LogP contribution < -0.4 is 0 Å². The van der Waals surface area contributed by atoms with E-state index in [2.05, 4.69) is 25.9 Å². The topological polar surface area (TPSA) is 3.24 Å². The third-order valence-corrected chi connectivity index (χ3v) is 6.47. The predicted octanol–water partition coefficient (Wildman–Crippen LogP) is 5.93. The maximum absolute atomic E-state index is 4.64. The number of allylic oxidation sites excluding steroid dienone is 3. The summed E-state index contributed by atoms with van der Waals surface area (Å²) in [6, 6.07) is 0. The maximum atomic E-state index is 4.64. The molecule has 2 heteroatoms. The van der Waals surface area contributed by atoms with Crippen LogP contribution in [0.1, 0.15) is 77.0 Å². The van der Waals surface area contributed by atoms with E-state index in [0.29, 0.717) is 0 Å². The molecule has 0 saturated heterocycles. The first-order chi connectivity index (χ1) is 11.2. The van der Waals surface area contributed by atoms with Crippen LogP contribution in [-0.4, -0.2) is 25.5 Å². The van der Waals surface area contributed by atoms with Gasteiger partial charge in [0.05, 0.1) is 0 Å². The SMILES string of the molecule is [CH2-]C1=C(C2CCCCC2)CC(CCN(C)C)=C1C1CCCCC1.[Ti]. The molecule has 0 N–H and O–H groups in total. The summed E-state index contributed by atoms with van der Waals surface area (Å²) in [5.74, 6) is 1.68. The Labute approximate surface area is 165 Å². The summed E-state index contributed by atoms with van der Waals surface area (Å²) in [7, 11) is 4.41. The summed E-state index contributed by atoms with van der Waals surface area (Å²) in [5.41, 5.74) is 6.74. The monoisotopic (exact) mass is 362 g/mol. The quantitative estimate of drug-likeness (QED) is 0.433. The Hall–Kier alpha value is 0.0243. The molecule has 24 heavy (non-hydrogen) atoms. The molecule has 0 atom stereocenters. The van der Waals surface area contributed by atoms with Gasteiger partial charge in [0.15, 0.2) is 0 Å². The predicted molar refractivity (Wildman–Crippen MR) is 100 cm³/mol. The molecule has 1 nitrogen and oxygen atoms in total. The van der Waals surface area contributed by atoms with Gasteiger partial charge in [-0.2, -0.15) is 18.1 Å². The van der Waals surface area contributed by atoms with Crippen LogP contribution in [0.25, 0.3) is 0 Å². The third kappa shape index (κ3) is 4.80. The van der Waals surface area contributed by atoms with Crippen molar-refractivity contribution in [2.24, 2.45) is 11.8 Å². The Bertz CT molecular complexity index is 462. The van der Waals surface area contributed by atoms with Crippen molar-refractivity contribution in [1.82, 2.24) is 4.90 Å². The number of rotatable bonds is 5. The van der Waals surface area contributed by atoms with Crippen molar-refractivity contribution in [3.63, 3.8) is 0 Å². The van der Waals surface area contributed by atoms with Crippen LogP contribution in [0.4, 0.5) is 0 Å². The molecule has 3 aliphatic carbocycles. The van der Waals surface area contributed by atoms with Gasteiger partial charge in [-0.1, -0.05) is 82.5 Å². The van der Waals surface area contributed by atoms with Gasteiger partial charge in [0.1, 0.15) is 0 Å². The van der Waals surface area contributed by atoms with Crippen LogP contribution >= 0.6 is 0 Å². The minimum Gasteiger partial charge on any atom is -0.309 e. The summed E-state index contributed by atoms with van der Waals surface area (Å²) in [5, 5.41) is 0. The summed E-state index contributed by atoms with van der Waals surface area (Å²) < 4.78 is 0. The van der Waals surface area contributed by atoms with E-state index in [4.69, 9.17) is 0 Å². The van der Waals surface area contributed by atoms with E-state index >= 15 is 0 Å². The van der Waals surface area contributed by atoms with E-state index in [1.165, 1.54) is 89.2 Å². The zero-order valence-corrected chi connectivity index (χ0v) is 17.6. The van der Waals surface area contributed by atoms with E-state index in [1.807, 2.05) is 0 Å². The molecule has 0 radical (unpaired) electrons. The van der Waals surface area contributed by atoms with Gasteiger partial charge in [-0.15, -0.1) is 11.1 Å². The van der Waals surface area contributed by atoms with Crippen LogP contribution in [0.15, 0.2) is 22.3 Å². The minimum absolute atomic E-state index is 0. The first kappa shape index (κ1) is 20.3. The van der Waals surface area contributed by atoms with Crippen molar-refractivity contribution < 1.29 is 21.7 Å². The standard InChI is InChI=1S/C22H36N.Ti/c1-17-21(18-10-6-4-7-11-18)16-20(14-15-23(2)3)22(17)19-12-8-5-9-13-19;/h18-19H,1,4-16H2,2-3H3;/q-1;. The average Bonchev–Trinajstić information content (AvgIpc) is 2.91. The summed E-state index contributed by atoms with van der Waals surface area (Å²) in [4.78, 5) is 2.34. The van der Waals surface area contributed by atoms with Crippen molar-refractivity contribution in [1.29, 1.82) is 0 Å². The molecule has 0 spiro atoms. The first-order valence-electron chi connectivity index (χ1n) is 10.1. The Balaban J connectivity index is 0.00000208. The van der Waals surface area contributed by atoms with E-state index in [0.717, 1.165) is 11.8 Å². The third-order valence-electron chi connectivity index (χ3n) is 6.47. The molecule has 0 bridgehead atoms. The number of hydrogen-bond donors (Lipinski definition) is 0. The minimum atomic E-state index is 0. The van der Waals surface area contributed by atoms with Gasteiger partial charge < -0.3 is 4.90 Å². The molecule has 0 aromatic heterocycles. The van der Waals surface area contributed by atoms with Crippen LogP contribution in [-0.2, 0) is 21.7 Å². The molecule has 0 unspecified atom stereocenters. The van der Waals surface area contributed by atoms with Gasteiger partial charge in [-0.3, -0.25) is 0 Å². The Morgan fingerprint density at radius 3 is 1.96 bits per heavy atom. The van der Waals surface area contributed by atoms with E-state index in [-0.39, 0.29) is 21.7 Å². The maximum Gasteiger partial charge on any atom is 0.000231 e. The van der Waals surface area contributed by atoms with Crippen LogP contribution in [0.3, 0.4) is 0 Å². The summed E-state index contributed by atoms with van der Waals surface area (Å²) in [6.45, 7) is 5.83. The van der Waals surface area contributed by atoms with Gasteiger partial charge in [-0.25, -0.2) is 0 Å². The Morgan fingerprint density at radius 2 is 1.42 bits per heavy atom. The second-order valence-corrected chi connectivity index (χ2v) is 8.42. The molecule has 0 amide bonds. The fourth-order valence-electron chi connectivity index (χ4n) is 5.17. The van der Waals surface area contributed by atoms with Gasteiger partial charge in [0.25, 0.3) is 0 Å². The zero-order valence-electron chi connectivity index (χ0n) is 16.0. The second-order valence-electron chi connectivity index (χ2n) is 8.42. The van der Waals surface area contributed by atoms with Crippen LogP contribution in [0, 0.1) is 18.8 Å². The molecule has 3 aliphatic rings. The molecule has 0 aromatic carbocycles. The van der Waals surface area contributed by atoms with Crippen LogP contribution in [0.2, 0.25) is 0 Å². The van der Waals surface area contributed by atoms with Crippen molar-refractivity contribution in [3.8, 4) is 0 Å². The summed E-state index contributed by atoms with van der Waals surface area (Å²) >= 11 is 0. The van der Waals surface area contributed by atoms with Crippen molar-refractivity contribution in [2.75, 3.05) is 20.6 Å². The normalized spacial score (nSPS) is 24.0. The van der Waals surface area contributed by atoms with Crippen molar-refractivity contribution in [3.05, 3.63) is 29.2 Å². The Morgan fingerprint density at radius 1 is 0.875 bits per heavy atom. The second kappa shape index (κ2) is 9.65. The fraction of sp³-hybridized carbons (Fsp3) is 0.773. The average molecular weight is 362 g/mol. The largest absolute Gasteiger partial charge is 0.309 e. The molecule has 134 valence electrons. The first-order valence-corrected chi connectivity index (χ1v) is 10.1. The number of hydrogen-bond acceptors (Lipinski definition) is 1. The summed E-state index contributed by atoms with van der Waals surface area (Å²) in [6.07, 6.45) is 16.8. The van der Waals surface area contributed by atoms with Gasteiger partial charge >= 0.3 is 0 Å². The smallest absolute Gasteiger partial charge is 0.000231 e. The Kier molecular flexibility index (Phi) is 8.18. The molecule has 0 heterocycles. The van der Waals surface area contributed by atoms with Gasteiger partial charge in [-0.05, 0) is 20.5 Å². The molecule has 0 aliphatic heterocycles. The molecule has 2 fully saturated rings. The van der Waals surface area contributed by atoms with Gasteiger partial charge in [0.2, 0.25) is 0 Å².